The highest BCUT2D eigenvalue weighted by molar-refractivity contribution is 5.98. The van der Waals surface area contributed by atoms with Crippen LogP contribution < -0.4 is 5.32 Å². The lowest BCUT2D eigenvalue weighted by molar-refractivity contribution is -0.0544. The highest BCUT2D eigenvalue weighted by atomic mass is 16.6. The quantitative estimate of drug-likeness (QED) is 0.788. The minimum Gasteiger partial charge on any atom is -0.444 e. The molecule has 2 aliphatic heterocycles. The number of benzene rings is 1. The first kappa shape index (κ1) is 21.8. The number of alkyl carbamates (subject to hydrolysis) is 1. The average Bonchev–Trinajstić information content (AvgIpc) is 3.24. The number of piperidine rings is 2. The highest BCUT2D eigenvalue weighted by Crippen LogP contribution is 2.47. The summed E-state index contributed by atoms with van der Waals surface area (Å²) in [4.78, 5) is 29.4. The van der Waals surface area contributed by atoms with Gasteiger partial charge in [0.2, 0.25) is 0 Å². The van der Waals surface area contributed by atoms with Gasteiger partial charge in [-0.3, -0.25) is 4.79 Å². The molecule has 9 heteroatoms. The van der Waals surface area contributed by atoms with Gasteiger partial charge < -0.3 is 15.0 Å². The molecule has 1 N–H and O–H groups in total. The molecule has 1 aromatic carbocycles. The Morgan fingerprint density at radius 1 is 1.25 bits per heavy atom. The summed E-state index contributed by atoms with van der Waals surface area (Å²) >= 11 is 0. The van der Waals surface area contributed by atoms with Crippen molar-refractivity contribution in [3.05, 3.63) is 41.7 Å². The van der Waals surface area contributed by atoms with Gasteiger partial charge in [-0.1, -0.05) is 6.92 Å². The topological polar surface area (TPSA) is 113 Å². The van der Waals surface area contributed by atoms with Crippen molar-refractivity contribution in [2.24, 2.45) is 11.8 Å². The SMILES string of the molecule is CC1C2CC(C2)N(C(=O)c2cc(C#N)ccc2-n2nccn2)C1CNC(=O)OC(C)(C)C. The van der Waals surface area contributed by atoms with Crippen LogP contribution in [0.15, 0.2) is 30.6 Å². The molecule has 2 amide bonds. The van der Waals surface area contributed by atoms with Gasteiger partial charge in [-0.15, -0.1) is 0 Å². The second-order valence-electron chi connectivity index (χ2n) is 9.57. The Kier molecular flexibility index (Phi) is 5.63. The zero-order chi connectivity index (χ0) is 23.0. The molecule has 5 rings (SSSR count). The third-order valence-corrected chi connectivity index (χ3v) is 6.33. The largest absolute Gasteiger partial charge is 0.444 e. The molecule has 168 valence electrons. The van der Waals surface area contributed by atoms with Crippen LogP contribution in [0.2, 0.25) is 0 Å². The van der Waals surface area contributed by atoms with E-state index in [4.69, 9.17) is 4.74 Å². The van der Waals surface area contributed by atoms with E-state index in [1.807, 2.05) is 25.7 Å². The summed E-state index contributed by atoms with van der Waals surface area (Å²) in [6.07, 6.45) is 4.48. The van der Waals surface area contributed by atoms with E-state index in [2.05, 4.69) is 28.5 Å². The van der Waals surface area contributed by atoms with Gasteiger partial charge in [0, 0.05) is 12.6 Å². The van der Waals surface area contributed by atoms with Crippen molar-refractivity contribution in [2.75, 3.05) is 6.54 Å². The predicted octanol–water partition coefficient (Wildman–Crippen LogP) is 2.90. The average molecular weight is 437 g/mol. The minimum absolute atomic E-state index is 0.110. The van der Waals surface area contributed by atoms with Gasteiger partial charge in [-0.25, -0.2) is 4.79 Å². The first-order valence-corrected chi connectivity index (χ1v) is 10.9. The van der Waals surface area contributed by atoms with Gasteiger partial charge in [0.05, 0.1) is 41.3 Å². The van der Waals surface area contributed by atoms with Crippen molar-refractivity contribution in [2.45, 2.75) is 58.2 Å². The van der Waals surface area contributed by atoms with Gasteiger partial charge in [0.15, 0.2) is 0 Å². The molecular formula is C23H28N6O3. The Balaban J connectivity index is 1.63. The number of hydrogen-bond acceptors (Lipinski definition) is 6. The predicted molar refractivity (Wildman–Crippen MR) is 116 cm³/mol. The van der Waals surface area contributed by atoms with Gasteiger partial charge in [0.25, 0.3) is 5.91 Å². The molecule has 2 saturated heterocycles. The number of fused-ring (bicyclic) bond motifs is 2. The standard InChI is InChI=1S/C23H28N6O3/c1-14-16-10-17(11-16)28(20(14)13-25-22(31)32-23(2,3)4)21(30)18-9-15(12-24)5-6-19(18)29-26-7-8-27-29/h5-9,14,16-17,20H,10-11,13H2,1-4H3,(H,25,31). The van der Waals surface area contributed by atoms with Gasteiger partial charge >= 0.3 is 6.09 Å². The van der Waals surface area contributed by atoms with E-state index in [1.165, 1.54) is 4.80 Å². The molecule has 0 spiro atoms. The Labute approximate surface area is 187 Å². The summed E-state index contributed by atoms with van der Waals surface area (Å²) in [5.74, 6) is 0.580. The van der Waals surface area contributed by atoms with E-state index >= 15 is 0 Å². The van der Waals surface area contributed by atoms with Crippen molar-refractivity contribution in [3.63, 3.8) is 0 Å². The summed E-state index contributed by atoms with van der Waals surface area (Å²) in [7, 11) is 0. The van der Waals surface area contributed by atoms with Crippen LogP contribution >= 0.6 is 0 Å². The van der Waals surface area contributed by atoms with Crippen molar-refractivity contribution in [3.8, 4) is 11.8 Å². The van der Waals surface area contributed by atoms with Gasteiger partial charge in [0.1, 0.15) is 5.60 Å². The van der Waals surface area contributed by atoms with Crippen LogP contribution in [-0.2, 0) is 4.74 Å². The number of carbonyl (C=O) groups excluding carboxylic acids is 2. The molecule has 2 bridgehead atoms. The summed E-state index contributed by atoms with van der Waals surface area (Å²) in [6, 6.07) is 6.98. The monoisotopic (exact) mass is 436 g/mol. The van der Waals surface area contributed by atoms with Crippen molar-refractivity contribution >= 4 is 12.0 Å². The third kappa shape index (κ3) is 4.17. The van der Waals surface area contributed by atoms with Crippen LogP contribution in [0.5, 0.6) is 0 Å². The van der Waals surface area contributed by atoms with Crippen molar-refractivity contribution in [1.82, 2.24) is 25.2 Å². The Morgan fingerprint density at radius 3 is 2.56 bits per heavy atom. The van der Waals surface area contributed by atoms with Crippen LogP contribution in [0.25, 0.3) is 5.69 Å². The molecular weight excluding hydrogens is 408 g/mol. The first-order valence-electron chi connectivity index (χ1n) is 10.9. The molecule has 3 aliphatic rings. The summed E-state index contributed by atoms with van der Waals surface area (Å²) in [5.41, 5.74) is 0.694. The smallest absolute Gasteiger partial charge is 0.407 e. The Bertz CT molecular complexity index is 1050. The lowest BCUT2D eigenvalue weighted by Gasteiger charge is -2.57. The molecule has 2 unspecified atom stereocenters. The molecule has 3 heterocycles. The van der Waals surface area contributed by atoms with Crippen LogP contribution in [-0.4, -0.2) is 56.1 Å². The number of carbonyl (C=O) groups is 2. The number of nitriles is 1. The molecule has 9 nitrogen and oxygen atoms in total. The summed E-state index contributed by atoms with van der Waals surface area (Å²) in [6.45, 7) is 7.88. The van der Waals surface area contributed by atoms with E-state index in [-0.39, 0.29) is 23.9 Å². The normalized spacial score (nSPS) is 24.3. The maximum Gasteiger partial charge on any atom is 0.407 e. The second-order valence-corrected chi connectivity index (χ2v) is 9.57. The number of hydrogen-bond donors (Lipinski definition) is 1. The molecule has 1 aromatic heterocycles. The molecule has 3 fully saturated rings. The molecule has 1 saturated carbocycles. The van der Waals surface area contributed by atoms with Crippen LogP contribution in [0.3, 0.4) is 0 Å². The summed E-state index contributed by atoms with van der Waals surface area (Å²) in [5, 5.41) is 20.6. The minimum atomic E-state index is -0.594. The first-order chi connectivity index (χ1) is 15.2. The lowest BCUT2D eigenvalue weighted by atomic mass is 9.64. The van der Waals surface area contributed by atoms with Gasteiger partial charge in [-0.2, -0.15) is 20.3 Å². The number of ether oxygens (including phenoxy) is 1. The van der Waals surface area contributed by atoms with E-state index in [1.54, 1.807) is 30.6 Å². The zero-order valence-electron chi connectivity index (χ0n) is 18.8. The third-order valence-electron chi connectivity index (χ3n) is 6.33. The number of nitrogens with one attached hydrogen (secondary N) is 1. The number of rotatable bonds is 4. The van der Waals surface area contributed by atoms with Crippen LogP contribution in [0.1, 0.15) is 56.5 Å². The zero-order valence-corrected chi connectivity index (χ0v) is 18.8. The van der Waals surface area contributed by atoms with E-state index in [0.29, 0.717) is 29.3 Å². The molecule has 1 aliphatic carbocycles. The Hall–Kier alpha value is -3.41. The van der Waals surface area contributed by atoms with Gasteiger partial charge in [-0.05, 0) is 63.6 Å². The summed E-state index contributed by atoms with van der Waals surface area (Å²) < 4.78 is 5.37. The van der Waals surface area contributed by atoms with E-state index in [9.17, 15) is 14.9 Å². The highest BCUT2D eigenvalue weighted by Gasteiger charge is 2.51. The fourth-order valence-electron chi connectivity index (χ4n) is 4.66. The molecule has 2 aromatic rings. The fourth-order valence-corrected chi connectivity index (χ4v) is 4.66. The number of nitrogens with zero attached hydrogens (tertiary/aromatic N) is 5. The van der Waals surface area contributed by atoms with Crippen LogP contribution in [0, 0.1) is 23.2 Å². The molecule has 0 radical (unpaired) electrons. The van der Waals surface area contributed by atoms with Crippen molar-refractivity contribution < 1.29 is 14.3 Å². The number of amides is 2. The van der Waals surface area contributed by atoms with E-state index < -0.39 is 11.7 Å². The maximum absolute atomic E-state index is 13.9. The second kappa shape index (κ2) is 8.26. The lowest BCUT2D eigenvalue weighted by Crippen LogP contribution is -2.65. The fraction of sp³-hybridized carbons (Fsp3) is 0.522. The maximum atomic E-state index is 13.9. The molecule has 32 heavy (non-hydrogen) atoms. The van der Waals surface area contributed by atoms with Crippen molar-refractivity contribution in [1.29, 1.82) is 5.26 Å². The van der Waals surface area contributed by atoms with E-state index in [0.717, 1.165) is 12.8 Å². The van der Waals surface area contributed by atoms with Crippen LogP contribution in [0.4, 0.5) is 4.79 Å². The molecule has 2 atom stereocenters. The number of aromatic nitrogens is 3. The Morgan fingerprint density at radius 2 is 1.94 bits per heavy atom.